The molecular weight excluding hydrogens is 420 g/mol. The summed E-state index contributed by atoms with van der Waals surface area (Å²) in [6.45, 7) is 7.29. The summed E-state index contributed by atoms with van der Waals surface area (Å²) in [5.74, 6) is -1.67. The minimum absolute atomic E-state index is 0.0193. The number of Topliss-reactive ketones (excluding diaryl/α,β-unsaturated/α-hetero) is 1. The first-order valence-corrected chi connectivity index (χ1v) is 11.9. The summed E-state index contributed by atoms with van der Waals surface area (Å²) in [5, 5.41) is 0. The van der Waals surface area contributed by atoms with Crippen LogP contribution in [0.4, 0.5) is 0 Å². The van der Waals surface area contributed by atoms with Gasteiger partial charge in [0, 0.05) is 6.61 Å². The number of carbonyl (C=O) groups is 2. The van der Waals surface area contributed by atoms with Crippen molar-refractivity contribution in [1.82, 2.24) is 0 Å². The average Bonchev–Trinajstić information content (AvgIpc) is 3.06. The predicted molar refractivity (Wildman–Crippen MR) is 114 cm³/mol. The molecule has 31 heavy (non-hydrogen) atoms. The molecule has 0 amide bonds. The summed E-state index contributed by atoms with van der Waals surface area (Å²) < 4.78 is 42.4. The van der Waals surface area contributed by atoms with Gasteiger partial charge in [-0.15, -0.1) is 0 Å². The average molecular weight is 451 g/mol. The highest BCUT2D eigenvalue weighted by Gasteiger charge is 2.68. The zero-order chi connectivity index (χ0) is 23.0. The minimum Gasteiger partial charge on any atom is -0.469 e. The van der Waals surface area contributed by atoms with Crippen molar-refractivity contribution in [3.05, 3.63) is 41.7 Å². The molecule has 1 unspecified atom stereocenters. The summed E-state index contributed by atoms with van der Waals surface area (Å²) in [5.41, 5.74) is -0.437. The lowest BCUT2D eigenvalue weighted by Gasteiger charge is -2.38. The van der Waals surface area contributed by atoms with E-state index in [1.165, 1.54) is 19.2 Å². The molecule has 4 atom stereocenters. The van der Waals surface area contributed by atoms with E-state index in [-0.39, 0.29) is 23.5 Å². The maximum atomic E-state index is 14.0. The number of ketones is 1. The Labute approximate surface area is 183 Å². The van der Waals surface area contributed by atoms with E-state index in [1.54, 1.807) is 45.9 Å². The van der Waals surface area contributed by atoms with Gasteiger partial charge < -0.3 is 14.2 Å². The third-order valence-corrected chi connectivity index (χ3v) is 8.95. The zero-order valence-electron chi connectivity index (χ0n) is 18.6. The molecule has 0 spiro atoms. The van der Waals surface area contributed by atoms with Crippen LogP contribution in [0, 0.1) is 11.3 Å². The Kier molecular flexibility index (Phi) is 6.35. The van der Waals surface area contributed by atoms with Gasteiger partial charge in [-0.05, 0) is 70.6 Å². The SMILES string of the molecule is CCOC(C)OC1=C(C)C[C@@H]2C[C@](C)(C(=O)OC)C[C@]2(S(=O)(=O)c2ccccc2)C1=O. The second-order valence-corrected chi connectivity index (χ2v) is 10.8. The number of rotatable bonds is 7. The molecule has 1 saturated carbocycles. The Balaban J connectivity index is 2.18. The highest BCUT2D eigenvalue weighted by molar-refractivity contribution is 7.93. The number of methoxy groups -OCH3 is 1. The van der Waals surface area contributed by atoms with Crippen molar-refractivity contribution >= 4 is 21.6 Å². The molecule has 0 radical (unpaired) electrons. The molecule has 1 fully saturated rings. The molecular formula is C23H30O7S. The van der Waals surface area contributed by atoms with Crippen molar-refractivity contribution in [2.45, 2.75) is 62.9 Å². The van der Waals surface area contributed by atoms with Crippen LogP contribution in [0.2, 0.25) is 0 Å². The number of allylic oxidation sites excluding steroid dienone is 2. The van der Waals surface area contributed by atoms with Crippen molar-refractivity contribution < 1.29 is 32.2 Å². The van der Waals surface area contributed by atoms with Crippen molar-refractivity contribution in [2.24, 2.45) is 11.3 Å². The normalized spacial score (nSPS) is 29.5. The van der Waals surface area contributed by atoms with Crippen LogP contribution in [0.15, 0.2) is 46.6 Å². The largest absolute Gasteiger partial charge is 0.469 e. The number of fused-ring (bicyclic) bond motifs is 1. The summed E-state index contributed by atoms with van der Waals surface area (Å²) in [7, 11) is -2.86. The molecule has 1 aromatic rings. The molecule has 0 aliphatic heterocycles. The minimum atomic E-state index is -4.14. The van der Waals surface area contributed by atoms with E-state index >= 15 is 0 Å². The van der Waals surface area contributed by atoms with Crippen molar-refractivity contribution in [1.29, 1.82) is 0 Å². The quantitative estimate of drug-likeness (QED) is 0.464. The summed E-state index contributed by atoms with van der Waals surface area (Å²) in [6.07, 6.45) is -0.293. The molecule has 3 rings (SSSR count). The Hall–Kier alpha value is -2.19. The lowest BCUT2D eigenvalue weighted by molar-refractivity contribution is -0.151. The number of benzene rings is 1. The van der Waals surface area contributed by atoms with E-state index < -0.39 is 44.0 Å². The molecule has 0 heterocycles. The highest BCUT2D eigenvalue weighted by Crippen LogP contribution is 2.59. The van der Waals surface area contributed by atoms with E-state index in [9.17, 15) is 18.0 Å². The fourth-order valence-corrected chi connectivity index (χ4v) is 7.48. The fourth-order valence-electron chi connectivity index (χ4n) is 5.09. The molecule has 7 nitrogen and oxygen atoms in total. The number of hydrogen-bond acceptors (Lipinski definition) is 7. The Morgan fingerprint density at radius 2 is 1.90 bits per heavy atom. The lowest BCUT2D eigenvalue weighted by Crippen LogP contribution is -2.53. The van der Waals surface area contributed by atoms with Gasteiger partial charge in [0.05, 0.1) is 17.4 Å². The van der Waals surface area contributed by atoms with Crippen molar-refractivity contribution in [2.75, 3.05) is 13.7 Å². The van der Waals surface area contributed by atoms with E-state index in [0.29, 0.717) is 18.6 Å². The molecule has 2 aliphatic rings. The van der Waals surface area contributed by atoms with Gasteiger partial charge >= 0.3 is 5.97 Å². The predicted octanol–water partition coefficient (Wildman–Crippen LogP) is 3.43. The summed E-state index contributed by atoms with van der Waals surface area (Å²) in [6, 6.07) is 7.92. The van der Waals surface area contributed by atoms with Crippen LogP contribution in [0.5, 0.6) is 0 Å². The van der Waals surface area contributed by atoms with Gasteiger partial charge in [0.2, 0.25) is 5.78 Å². The third kappa shape index (κ3) is 3.69. The number of esters is 1. The molecule has 0 N–H and O–H groups in total. The lowest BCUT2D eigenvalue weighted by atomic mass is 9.79. The first-order chi connectivity index (χ1) is 14.5. The molecule has 0 saturated heterocycles. The van der Waals surface area contributed by atoms with Crippen molar-refractivity contribution in [3.63, 3.8) is 0 Å². The molecule has 0 aromatic heterocycles. The number of ether oxygens (including phenoxy) is 3. The summed E-state index contributed by atoms with van der Waals surface area (Å²) >= 11 is 0. The second-order valence-electron chi connectivity index (χ2n) is 8.62. The van der Waals surface area contributed by atoms with Gasteiger partial charge in [-0.1, -0.05) is 18.2 Å². The highest BCUT2D eigenvalue weighted by atomic mass is 32.2. The van der Waals surface area contributed by atoms with E-state index in [1.807, 2.05) is 0 Å². The Morgan fingerprint density at radius 1 is 1.26 bits per heavy atom. The van der Waals surface area contributed by atoms with Crippen LogP contribution < -0.4 is 0 Å². The number of sulfone groups is 1. The maximum Gasteiger partial charge on any atom is 0.311 e. The van der Waals surface area contributed by atoms with Gasteiger partial charge in [-0.2, -0.15) is 0 Å². The summed E-state index contributed by atoms with van der Waals surface area (Å²) in [4.78, 5) is 26.6. The molecule has 1 aromatic carbocycles. The van der Waals surface area contributed by atoms with E-state index in [0.717, 1.165) is 0 Å². The number of carbonyl (C=O) groups excluding carboxylic acids is 2. The third-order valence-electron chi connectivity index (χ3n) is 6.44. The topological polar surface area (TPSA) is 96.0 Å². The Bertz CT molecular complexity index is 998. The molecule has 170 valence electrons. The van der Waals surface area contributed by atoms with Crippen LogP contribution in [0.1, 0.15) is 47.0 Å². The van der Waals surface area contributed by atoms with Gasteiger partial charge in [0.15, 0.2) is 21.9 Å². The van der Waals surface area contributed by atoms with Crippen LogP contribution in [-0.4, -0.2) is 44.9 Å². The maximum absolute atomic E-state index is 14.0. The number of hydrogen-bond donors (Lipinski definition) is 0. The van der Waals surface area contributed by atoms with E-state index in [4.69, 9.17) is 14.2 Å². The standard InChI is InChI=1S/C23H30O7S/c1-6-29-16(3)30-19-15(2)12-17-13-22(4,21(25)28-5)14-23(17,20(19)24)31(26,27)18-10-8-7-9-11-18/h7-11,16-17H,6,12-14H2,1-5H3/t16?,17-,22+,23-/m1/s1. The monoisotopic (exact) mass is 450 g/mol. The fraction of sp³-hybridized carbons (Fsp3) is 0.565. The zero-order valence-corrected chi connectivity index (χ0v) is 19.5. The van der Waals surface area contributed by atoms with Crippen LogP contribution in [-0.2, 0) is 33.6 Å². The van der Waals surface area contributed by atoms with E-state index in [2.05, 4.69) is 0 Å². The Morgan fingerprint density at radius 3 is 2.48 bits per heavy atom. The first-order valence-electron chi connectivity index (χ1n) is 10.4. The molecule has 8 heteroatoms. The second kappa shape index (κ2) is 8.39. The molecule has 0 bridgehead atoms. The van der Waals surface area contributed by atoms with Gasteiger partial charge in [0.25, 0.3) is 0 Å². The van der Waals surface area contributed by atoms with Crippen LogP contribution in [0.25, 0.3) is 0 Å². The van der Waals surface area contributed by atoms with Gasteiger partial charge in [0.1, 0.15) is 4.75 Å². The van der Waals surface area contributed by atoms with Gasteiger partial charge in [-0.25, -0.2) is 8.42 Å². The van der Waals surface area contributed by atoms with Crippen molar-refractivity contribution in [3.8, 4) is 0 Å². The van der Waals surface area contributed by atoms with Crippen LogP contribution in [0.3, 0.4) is 0 Å². The first kappa shape index (κ1) is 23.5. The smallest absolute Gasteiger partial charge is 0.311 e. The molecule has 2 aliphatic carbocycles. The van der Waals surface area contributed by atoms with Crippen LogP contribution >= 0.6 is 0 Å². The van der Waals surface area contributed by atoms with Gasteiger partial charge in [-0.3, -0.25) is 9.59 Å².